The molecule has 0 unspecified atom stereocenters. The van der Waals surface area contributed by atoms with E-state index in [2.05, 4.69) is 16.9 Å². The number of carbonyl (C=O) groups excluding carboxylic acids is 3. The lowest BCUT2D eigenvalue weighted by molar-refractivity contribution is -0.124. The van der Waals surface area contributed by atoms with Gasteiger partial charge < -0.3 is 4.74 Å². The summed E-state index contributed by atoms with van der Waals surface area (Å²) in [4.78, 5) is 38.8. The van der Waals surface area contributed by atoms with Gasteiger partial charge >= 0.3 is 5.97 Å². The van der Waals surface area contributed by atoms with Gasteiger partial charge in [0.2, 0.25) is 11.8 Å². The van der Waals surface area contributed by atoms with Crippen molar-refractivity contribution in [2.45, 2.75) is 6.42 Å². The van der Waals surface area contributed by atoms with E-state index in [1.165, 1.54) is 12.0 Å². The smallest absolute Gasteiger partial charge is 0.337 e. The van der Waals surface area contributed by atoms with Gasteiger partial charge in [0.05, 0.1) is 30.2 Å². The maximum Gasteiger partial charge on any atom is 0.337 e. The van der Waals surface area contributed by atoms with Gasteiger partial charge in [0.15, 0.2) is 0 Å². The van der Waals surface area contributed by atoms with Crippen LogP contribution in [0.1, 0.15) is 16.8 Å². The van der Waals surface area contributed by atoms with Gasteiger partial charge in [-0.25, -0.2) is 4.79 Å². The number of amides is 2. The van der Waals surface area contributed by atoms with E-state index >= 15 is 0 Å². The average Bonchev–Trinajstić information content (AvgIpc) is 3.39. The summed E-state index contributed by atoms with van der Waals surface area (Å²) >= 11 is 0. The number of rotatable bonds is 2. The quantitative estimate of drug-likeness (QED) is 0.475. The Morgan fingerprint density at radius 1 is 1.00 bits per heavy atom. The Kier molecular flexibility index (Phi) is 2.65. The highest BCUT2D eigenvalue weighted by Crippen LogP contribution is 2.65. The molecule has 2 bridgehead atoms. The largest absolute Gasteiger partial charge is 0.465 e. The number of methoxy groups -OCH3 is 1. The zero-order valence-electron chi connectivity index (χ0n) is 13.2. The number of hydrogen-bond donors (Lipinski definition) is 0. The van der Waals surface area contributed by atoms with E-state index in [0.29, 0.717) is 23.1 Å². The molecule has 0 spiro atoms. The van der Waals surface area contributed by atoms with Crippen LogP contribution in [0.15, 0.2) is 36.4 Å². The molecule has 24 heavy (non-hydrogen) atoms. The highest BCUT2D eigenvalue weighted by molar-refractivity contribution is 6.22. The summed E-state index contributed by atoms with van der Waals surface area (Å²) < 4.78 is 4.68. The first-order valence-electron chi connectivity index (χ1n) is 8.36. The van der Waals surface area contributed by atoms with E-state index in [1.807, 2.05) is 0 Å². The van der Waals surface area contributed by atoms with E-state index in [0.717, 1.165) is 6.42 Å². The van der Waals surface area contributed by atoms with Gasteiger partial charge in [0.1, 0.15) is 0 Å². The van der Waals surface area contributed by atoms with Crippen LogP contribution in [0.25, 0.3) is 0 Å². The van der Waals surface area contributed by atoms with Gasteiger partial charge in [-0.05, 0) is 54.4 Å². The van der Waals surface area contributed by atoms with E-state index < -0.39 is 5.97 Å². The summed E-state index contributed by atoms with van der Waals surface area (Å²) in [7, 11) is 1.32. The first kappa shape index (κ1) is 14.0. The van der Waals surface area contributed by atoms with Gasteiger partial charge in [-0.3, -0.25) is 14.5 Å². The normalized spacial score (nSPS) is 38.1. The Balaban J connectivity index is 1.49. The van der Waals surface area contributed by atoms with E-state index in [9.17, 15) is 14.4 Å². The number of ether oxygens (including phenoxy) is 1. The average molecular weight is 323 g/mol. The van der Waals surface area contributed by atoms with Crippen molar-refractivity contribution in [3.05, 3.63) is 42.0 Å². The molecule has 0 aromatic heterocycles. The molecule has 1 heterocycles. The molecule has 1 saturated heterocycles. The maximum absolute atomic E-state index is 13.0. The van der Waals surface area contributed by atoms with Crippen molar-refractivity contribution in [3.63, 3.8) is 0 Å². The molecule has 6 rings (SSSR count). The molecule has 2 amide bonds. The van der Waals surface area contributed by atoms with Crippen LogP contribution in [0.5, 0.6) is 0 Å². The minimum atomic E-state index is -0.434. The Bertz CT molecular complexity index is 760. The molecular weight excluding hydrogens is 306 g/mol. The summed E-state index contributed by atoms with van der Waals surface area (Å²) in [6.07, 6.45) is 5.48. The molecule has 0 radical (unpaired) electrons. The third kappa shape index (κ3) is 1.62. The monoisotopic (exact) mass is 323 g/mol. The Morgan fingerprint density at radius 3 is 2.04 bits per heavy atom. The fourth-order valence-electron chi connectivity index (χ4n) is 5.08. The first-order chi connectivity index (χ1) is 11.6. The molecule has 1 aliphatic heterocycles. The van der Waals surface area contributed by atoms with Gasteiger partial charge in [-0.2, -0.15) is 0 Å². The van der Waals surface area contributed by atoms with Crippen molar-refractivity contribution in [1.29, 1.82) is 0 Å². The van der Waals surface area contributed by atoms with Crippen LogP contribution in [-0.4, -0.2) is 24.9 Å². The van der Waals surface area contributed by atoms with Gasteiger partial charge in [0.25, 0.3) is 0 Å². The third-order valence-electron chi connectivity index (χ3n) is 6.21. The predicted molar refractivity (Wildman–Crippen MR) is 85.0 cm³/mol. The molecular formula is C19H17NO4. The summed E-state index contributed by atoms with van der Waals surface area (Å²) in [5, 5.41) is 0. The predicted octanol–water partition coefficient (Wildman–Crippen LogP) is 2.03. The molecule has 1 aromatic rings. The topological polar surface area (TPSA) is 63.7 Å². The van der Waals surface area contributed by atoms with Crippen LogP contribution in [0.2, 0.25) is 0 Å². The lowest BCUT2D eigenvalue weighted by atomic mass is 9.63. The lowest BCUT2D eigenvalue weighted by Gasteiger charge is -2.37. The van der Waals surface area contributed by atoms with Crippen molar-refractivity contribution >= 4 is 23.5 Å². The molecule has 2 saturated carbocycles. The van der Waals surface area contributed by atoms with Crippen LogP contribution in [0.4, 0.5) is 5.69 Å². The van der Waals surface area contributed by atoms with Crippen molar-refractivity contribution < 1.29 is 19.1 Å². The number of hydrogen-bond acceptors (Lipinski definition) is 4. The van der Waals surface area contributed by atoms with Crippen molar-refractivity contribution in [2.75, 3.05) is 12.0 Å². The molecule has 122 valence electrons. The van der Waals surface area contributed by atoms with Crippen LogP contribution < -0.4 is 4.90 Å². The third-order valence-corrected chi connectivity index (χ3v) is 6.21. The van der Waals surface area contributed by atoms with E-state index in [-0.39, 0.29) is 35.5 Å². The minimum absolute atomic E-state index is 0.0829. The van der Waals surface area contributed by atoms with Crippen molar-refractivity contribution in [2.24, 2.45) is 35.5 Å². The Hall–Kier alpha value is -2.43. The zero-order chi connectivity index (χ0) is 16.6. The van der Waals surface area contributed by atoms with Gasteiger partial charge in [-0.15, -0.1) is 0 Å². The summed E-state index contributed by atoms with van der Waals surface area (Å²) in [6.45, 7) is 0. The molecule has 5 aliphatic rings. The fourth-order valence-corrected chi connectivity index (χ4v) is 5.08. The zero-order valence-corrected chi connectivity index (χ0v) is 13.2. The number of esters is 1. The SMILES string of the molecule is COC(=O)c1ccc(N2C(=O)[C@@H]3[C@H]4C=C[C@@H]([C@@H]5C[C@@H]45)[C@@H]3C2=O)cc1. The lowest BCUT2D eigenvalue weighted by Crippen LogP contribution is -2.40. The van der Waals surface area contributed by atoms with Crippen LogP contribution in [-0.2, 0) is 14.3 Å². The van der Waals surface area contributed by atoms with Crippen LogP contribution in [0.3, 0.4) is 0 Å². The summed E-state index contributed by atoms with van der Waals surface area (Å²) in [6, 6.07) is 6.48. The number of allylic oxidation sites excluding steroid dienone is 2. The standard InChI is InChI=1S/C19H17NO4/c1-24-19(23)9-2-4-10(5-3-9)20-17(21)15-11-6-7-12(14-8-13(11)14)16(15)18(20)22/h2-7,11-16H,8H2,1H3/t11-,12-,13-,14-,15-,16+/m0/s1. The van der Waals surface area contributed by atoms with E-state index in [1.54, 1.807) is 24.3 Å². The second kappa shape index (κ2) is 4.56. The second-order valence-corrected chi connectivity index (χ2v) is 7.20. The van der Waals surface area contributed by atoms with Gasteiger partial charge in [-0.1, -0.05) is 12.2 Å². The number of anilines is 1. The number of nitrogens with zero attached hydrogens (tertiary/aromatic N) is 1. The maximum atomic E-state index is 13.0. The fraction of sp³-hybridized carbons (Fsp3) is 0.421. The molecule has 6 atom stereocenters. The van der Waals surface area contributed by atoms with Gasteiger partial charge in [0, 0.05) is 0 Å². The number of imide groups is 1. The Labute approximate surface area is 139 Å². The number of carbonyl (C=O) groups is 3. The molecule has 0 N–H and O–H groups in total. The van der Waals surface area contributed by atoms with Crippen LogP contribution in [0, 0.1) is 35.5 Å². The highest BCUT2D eigenvalue weighted by atomic mass is 16.5. The number of benzene rings is 1. The second-order valence-electron chi connectivity index (χ2n) is 7.20. The minimum Gasteiger partial charge on any atom is -0.465 e. The summed E-state index contributed by atoms with van der Waals surface area (Å²) in [5.41, 5.74) is 0.945. The molecule has 4 aliphatic carbocycles. The highest BCUT2D eigenvalue weighted by Gasteiger charge is 2.67. The Morgan fingerprint density at radius 2 is 1.54 bits per heavy atom. The van der Waals surface area contributed by atoms with Crippen molar-refractivity contribution in [3.8, 4) is 0 Å². The first-order valence-corrected chi connectivity index (χ1v) is 8.36. The molecule has 5 nitrogen and oxygen atoms in total. The van der Waals surface area contributed by atoms with E-state index in [4.69, 9.17) is 0 Å². The summed E-state index contributed by atoms with van der Waals surface area (Å²) in [5.74, 6) is 0.645. The molecule has 5 heteroatoms. The molecule has 3 fully saturated rings. The van der Waals surface area contributed by atoms with Crippen molar-refractivity contribution in [1.82, 2.24) is 0 Å². The van der Waals surface area contributed by atoms with Crippen LogP contribution >= 0.6 is 0 Å². The molecule has 1 aromatic carbocycles.